The summed E-state index contributed by atoms with van der Waals surface area (Å²) < 4.78 is 40.3. The third-order valence-corrected chi connectivity index (χ3v) is 5.08. The number of benzene rings is 1. The lowest BCUT2D eigenvalue weighted by atomic mass is 10.0. The van der Waals surface area contributed by atoms with Crippen LogP contribution in [0.1, 0.15) is 25.3 Å². The maximum Gasteiger partial charge on any atom is 0.241 e. The number of hydrogen-bond acceptors (Lipinski definition) is 3. The molecule has 0 amide bonds. The van der Waals surface area contributed by atoms with Crippen LogP contribution >= 0.6 is 0 Å². The van der Waals surface area contributed by atoms with E-state index in [2.05, 4.69) is 17.0 Å². The second-order valence-electron chi connectivity index (χ2n) is 5.11. The predicted octanol–water partition coefficient (Wildman–Crippen LogP) is 1.55. The molecule has 2 rings (SSSR count). The van der Waals surface area contributed by atoms with Crippen molar-refractivity contribution < 1.29 is 12.8 Å². The van der Waals surface area contributed by atoms with Gasteiger partial charge in [-0.3, -0.25) is 0 Å². The first-order valence-electron chi connectivity index (χ1n) is 6.40. The lowest BCUT2D eigenvalue weighted by Crippen LogP contribution is -2.48. The molecule has 0 radical (unpaired) electrons. The summed E-state index contributed by atoms with van der Waals surface area (Å²) in [6.07, 6.45) is 1.72. The highest BCUT2D eigenvalue weighted by Gasteiger charge is 2.25. The Morgan fingerprint density at radius 1 is 1.37 bits per heavy atom. The van der Waals surface area contributed by atoms with Gasteiger partial charge in [-0.15, -0.1) is 0 Å². The monoisotopic (exact) mass is 286 g/mol. The van der Waals surface area contributed by atoms with Gasteiger partial charge in [0.2, 0.25) is 10.0 Å². The van der Waals surface area contributed by atoms with Gasteiger partial charge in [0, 0.05) is 18.6 Å². The standard InChI is InChI=1S/C13H19FN2O2S/c1-9-3-5-11(14)7-13(9)19(17,18)16-12-6-4-10(2)15-8-12/h3,5,7,10,12,15-16H,4,6,8H2,1-2H3. The molecule has 2 N–H and O–H groups in total. The summed E-state index contributed by atoms with van der Waals surface area (Å²) in [7, 11) is -3.66. The number of sulfonamides is 1. The molecule has 4 nitrogen and oxygen atoms in total. The molecule has 106 valence electrons. The first kappa shape index (κ1) is 14.4. The molecule has 1 aromatic rings. The van der Waals surface area contributed by atoms with Crippen molar-refractivity contribution in [3.8, 4) is 0 Å². The van der Waals surface area contributed by atoms with Crippen LogP contribution in [0, 0.1) is 12.7 Å². The maximum absolute atomic E-state index is 13.2. The van der Waals surface area contributed by atoms with E-state index in [1.165, 1.54) is 12.1 Å². The quantitative estimate of drug-likeness (QED) is 0.886. The second kappa shape index (κ2) is 5.56. The van der Waals surface area contributed by atoms with Gasteiger partial charge in [-0.1, -0.05) is 6.07 Å². The number of rotatable bonds is 3. The fourth-order valence-electron chi connectivity index (χ4n) is 2.25. The fraction of sp³-hybridized carbons (Fsp3) is 0.538. The van der Waals surface area contributed by atoms with E-state index in [0.717, 1.165) is 18.9 Å². The Bertz CT molecular complexity index is 552. The molecule has 0 saturated carbocycles. The molecule has 0 bridgehead atoms. The SMILES string of the molecule is Cc1ccc(F)cc1S(=O)(=O)NC1CCC(C)NC1. The highest BCUT2D eigenvalue weighted by Crippen LogP contribution is 2.18. The average molecular weight is 286 g/mol. The molecule has 0 aromatic heterocycles. The van der Waals surface area contributed by atoms with Crippen molar-refractivity contribution in [2.24, 2.45) is 0 Å². The summed E-state index contributed by atoms with van der Waals surface area (Å²) >= 11 is 0. The zero-order valence-electron chi connectivity index (χ0n) is 11.1. The second-order valence-corrected chi connectivity index (χ2v) is 6.80. The molecule has 2 atom stereocenters. The number of halogens is 1. The first-order valence-corrected chi connectivity index (χ1v) is 7.88. The predicted molar refractivity (Wildman–Crippen MR) is 71.9 cm³/mol. The minimum absolute atomic E-state index is 0.0196. The summed E-state index contributed by atoms with van der Waals surface area (Å²) in [6, 6.07) is 4.08. The van der Waals surface area contributed by atoms with Gasteiger partial charge in [0.25, 0.3) is 0 Å². The van der Waals surface area contributed by atoms with Crippen LogP contribution in [0.4, 0.5) is 4.39 Å². The molecule has 1 aliphatic heterocycles. The van der Waals surface area contributed by atoms with E-state index in [0.29, 0.717) is 18.2 Å². The minimum atomic E-state index is -3.66. The van der Waals surface area contributed by atoms with Crippen molar-refractivity contribution >= 4 is 10.0 Å². The van der Waals surface area contributed by atoms with E-state index in [1.54, 1.807) is 6.92 Å². The van der Waals surface area contributed by atoms with Gasteiger partial charge in [0.05, 0.1) is 4.90 Å². The first-order chi connectivity index (χ1) is 8.88. The summed E-state index contributed by atoms with van der Waals surface area (Å²) in [4.78, 5) is 0.0196. The Balaban J connectivity index is 2.16. The third-order valence-electron chi connectivity index (χ3n) is 3.42. The summed E-state index contributed by atoms with van der Waals surface area (Å²) in [5, 5.41) is 3.23. The number of hydrogen-bond donors (Lipinski definition) is 2. The van der Waals surface area contributed by atoms with Gasteiger partial charge in [0.1, 0.15) is 5.82 Å². The van der Waals surface area contributed by atoms with Crippen molar-refractivity contribution in [1.29, 1.82) is 0 Å². The Labute approximate surface area is 113 Å². The van der Waals surface area contributed by atoms with Crippen molar-refractivity contribution in [2.45, 2.75) is 43.7 Å². The fourth-order valence-corrected chi connectivity index (χ4v) is 3.77. The molecule has 1 aromatic carbocycles. The molecule has 1 saturated heterocycles. The number of aryl methyl sites for hydroxylation is 1. The lowest BCUT2D eigenvalue weighted by molar-refractivity contribution is 0.366. The molecule has 6 heteroatoms. The van der Waals surface area contributed by atoms with Gasteiger partial charge >= 0.3 is 0 Å². The zero-order valence-corrected chi connectivity index (χ0v) is 11.9. The van der Waals surface area contributed by atoms with E-state index in [4.69, 9.17) is 0 Å². The van der Waals surface area contributed by atoms with Gasteiger partial charge in [-0.25, -0.2) is 17.5 Å². The van der Waals surface area contributed by atoms with Crippen LogP contribution in [0.25, 0.3) is 0 Å². The normalized spacial score (nSPS) is 24.4. The van der Waals surface area contributed by atoms with Gasteiger partial charge in [0.15, 0.2) is 0 Å². The highest BCUT2D eigenvalue weighted by molar-refractivity contribution is 7.89. The maximum atomic E-state index is 13.2. The Morgan fingerprint density at radius 2 is 2.11 bits per heavy atom. The summed E-state index contributed by atoms with van der Waals surface area (Å²) in [6.45, 7) is 4.34. The average Bonchev–Trinajstić information content (AvgIpc) is 2.35. The molecular formula is C13H19FN2O2S. The van der Waals surface area contributed by atoms with Gasteiger partial charge in [-0.2, -0.15) is 0 Å². The molecule has 0 aliphatic carbocycles. The van der Waals surface area contributed by atoms with Crippen LogP contribution in [0.15, 0.2) is 23.1 Å². The van der Waals surface area contributed by atoms with Crippen molar-refractivity contribution in [3.63, 3.8) is 0 Å². The third kappa shape index (κ3) is 3.52. The largest absolute Gasteiger partial charge is 0.313 e. The van der Waals surface area contributed by atoms with Crippen LogP contribution in [-0.4, -0.2) is 27.0 Å². The highest BCUT2D eigenvalue weighted by atomic mass is 32.2. The van der Waals surface area contributed by atoms with E-state index in [-0.39, 0.29) is 10.9 Å². The lowest BCUT2D eigenvalue weighted by Gasteiger charge is -2.28. The Hall–Kier alpha value is -0.980. The van der Waals surface area contributed by atoms with Crippen molar-refractivity contribution in [3.05, 3.63) is 29.6 Å². The molecule has 1 aliphatic rings. The van der Waals surface area contributed by atoms with E-state index < -0.39 is 15.8 Å². The van der Waals surface area contributed by atoms with Crippen LogP contribution in [0.3, 0.4) is 0 Å². The van der Waals surface area contributed by atoms with Crippen molar-refractivity contribution in [1.82, 2.24) is 10.0 Å². The number of nitrogens with one attached hydrogen (secondary N) is 2. The van der Waals surface area contributed by atoms with E-state index >= 15 is 0 Å². The van der Waals surface area contributed by atoms with Gasteiger partial charge in [-0.05, 0) is 44.4 Å². The number of piperidine rings is 1. The Kier molecular flexibility index (Phi) is 4.23. The topological polar surface area (TPSA) is 58.2 Å². The van der Waals surface area contributed by atoms with Crippen LogP contribution in [0.5, 0.6) is 0 Å². The minimum Gasteiger partial charge on any atom is -0.313 e. The van der Waals surface area contributed by atoms with Crippen LogP contribution < -0.4 is 10.0 Å². The summed E-state index contributed by atoms with van der Waals surface area (Å²) in [5.74, 6) is -0.540. The van der Waals surface area contributed by atoms with Crippen molar-refractivity contribution in [2.75, 3.05) is 6.54 Å². The molecule has 19 heavy (non-hydrogen) atoms. The molecule has 0 spiro atoms. The Morgan fingerprint density at radius 3 is 2.74 bits per heavy atom. The molecular weight excluding hydrogens is 267 g/mol. The molecule has 1 heterocycles. The molecule has 1 fully saturated rings. The van der Waals surface area contributed by atoms with E-state index in [1.807, 2.05) is 0 Å². The van der Waals surface area contributed by atoms with Crippen LogP contribution in [-0.2, 0) is 10.0 Å². The van der Waals surface area contributed by atoms with Crippen LogP contribution in [0.2, 0.25) is 0 Å². The van der Waals surface area contributed by atoms with Gasteiger partial charge < -0.3 is 5.32 Å². The molecule has 2 unspecified atom stereocenters. The van der Waals surface area contributed by atoms with E-state index in [9.17, 15) is 12.8 Å². The summed E-state index contributed by atoms with van der Waals surface area (Å²) in [5.41, 5.74) is 0.547. The zero-order chi connectivity index (χ0) is 14.0. The smallest absolute Gasteiger partial charge is 0.241 e.